The van der Waals surface area contributed by atoms with Crippen LogP contribution in [0.3, 0.4) is 0 Å². The number of carboxylic acid groups (broad SMARTS) is 1. The number of nitrogens with one attached hydrogen (secondary N) is 1. The molecule has 6 nitrogen and oxygen atoms in total. The number of aromatic nitrogens is 1. The van der Waals surface area contributed by atoms with Gasteiger partial charge in [0, 0.05) is 18.9 Å². The third-order valence-corrected chi connectivity index (χ3v) is 7.61. The molecule has 3 aromatic rings. The number of carbonyl (C=O) groups is 1. The van der Waals surface area contributed by atoms with Crippen LogP contribution in [0.1, 0.15) is 17.5 Å². The molecule has 0 spiro atoms. The highest BCUT2D eigenvalue weighted by Crippen LogP contribution is 2.37. The highest BCUT2D eigenvalue weighted by molar-refractivity contribution is 14.1. The van der Waals surface area contributed by atoms with Gasteiger partial charge < -0.3 is 19.9 Å². The van der Waals surface area contributed by atoms with E-state index in [0.717, 1.165) is 56.6 Å². The molecule has 12 heteroatoms. The van der Waals surface area contributed by atoms with Crippen molar-refractivity contribution in [3.05, 3.63) is 74.2 Å². The van der Waals surface area contributed by atoms with Gasteiger partial charge in [0.25, 0.3) is 0 Å². The molecule has 0 saturated carbocycles. The Morgan fingerprint density at radius 3 is 2.14 bits per heavy atom. The second-order valence-corrected chi connectivity index (χ2v) is 11.7. The van der Waals surface area contributed by atoms with Gasteiger partial charge in [-0.15, -0.1) is 24.8 Å². The highest BCUT2D eigenvalue weighted by Gasteiger charge is 2.15. The zero-order chi connectivity index (χ0) is 23.8. The predicted molar refractivity (Wildman–Crippen MR) is 176 cm³/mol. The summed E-state index contributed by atoms with van der Waals surface area (Å²) in [7, 11) is 0. The Labute approximate surface area is 271 Å². The molecule has 0 aliphatic carbocycles. The SMILES string of the molecule is Cl.Cl.O=C(O)Cc1cc(I)c(Oc2cc(I)c(OCCCNCc3cccnc3)c(I)c2)c(I)c1. The van der Waals surface area contributed by atoms with Gasteiger partial charge in [-0.1, -0.05) is 6.07 Å². The Hall–Kier alpha value is 0.120. The summed E-state index contributed by atoms with van der Waals surface area (Å²) in [5.41, 5.74) is 1.92. The van der Waals surface area contributed by atoms with Gasteiger partial charge in [-0.2, -0.15) is 0 Å². The average Bonchev–Trinajstić information content (AvgIpc) is 2.75. The first-order valence-corrected chi connectivity index (χ1v) is 14.2. The molecule has 0 saturated heterocycles. The molecule has 2 N–H and O–H groups in total. The average molecular weight is 969 g/mol. The van der Waals surface area contributed by atoms with E-state index in [2.05, 4.69) is 107 Å². The topological polar surface area (TPSA) is 80.7 Å². The third kappa shape index (κ3) is 10.8. The van der Waals surface area contributed by atoms with Gasteiger partial charge in [-0.25, -0.2) is 0 Å². The van der Waals surface area contributed by atoms with Crippen LogP contribution in [0.25, 0.3) is 0 Å². The molecule has 0 aliphatic heterocycles. The minimum atomic E-state index is -0.848. The maximum Gasteiger partial charge on any atom is 0.307 e. The molecule has 3 rings (SSSR count). The summed E-state index contributed by atoms with van der Waals surface area (Å²) >= 11 is 8.89. The lowest BCUT2D eigenvalue weighted by molar-refractivity contribution is -0.136. The van der Waals surface area contributed by atoms with Gasteiger partial charge in [-0.05, 0) is 145 Å². The van der Waals surface area contributed by atoms with Crippen molar-refractivity contribution >= 4 is 121 Å². The fraction of sp³-hybridized carbons (Fsp3) is 0.217. The predicted octanol–water partition coefficient (Wildman–Crippen LogP) is 7.32. The first-order chi connectivity index (χ1) is 15.8. The summed E-state index contributed by atoms with van der Waals surface area (Å²) in [6.07, 6.45) is 4.53. The molecule has 0 bridgehead atoms. The molecule has 1 aromatic heterocycles. The number of nitrogens with zero attached hydrogens (tertiary/aromatic N) is 1. The number of carboxylic acids is 1. The molecule has 0 atom stereocenters. The summed E-state index contributed by atoms with van der Waals surface area (Å²) < 4.78 is 15.9. The van der Waals surface area contributed by atoms with Gasteiger partial charge >= 0.3 is 5.97 Å². The van der Waals surface area contributed by atoms with Gasteiger partial charge in [0.15, 0.2) is 5.75 Å². The van der Waals surface area contributed by atoms with Crippen LogP contribution in [0, 0.1) is 14.3 Å². The Balaban J connectivity index is 0.00000306. The van der Waals surface area contributed by atoms with Crippen molar-refractivity contribution in [2.75, 3.05) is 13.2 Å². The van der Waals surface area contributed by atoms with Crippen molar-refractivity contribution in [2.45, 2.75) is 19.4 Å². The largest absolute Gasteiger partial charge is 0.491 e. The minimum absolute atomic E-state index is 0. The number of benzene rings is 2. The van der Waals surface area contributed by atoms with Crippen LogP contribution in [0.4, 0.5) is 0 Å². The number of pyridine rings is 1. The van der Waals surface area contributed by atoms with Crippen molar-refractivity contribution in [3.63, 3.8) is 0 Å². The van der Waals surface area contributed by atoms with Gasteiger partial charge in [0.05, 0.1) is 27.3 Å². The van der Waals surface area contributed by atoms with E-state index in [1.165, 1.54) is 5.56 Å². The van der Waals surface area contributed by atoms with Crippen LogP contribution in [-0.2, 0) is 17.8 Å². The Bertz CT molecular complexity index is 1080. The van der Waals surface area contributed by atoms with Crippen molar-refractivity contribution in [1.82, 2.24) is 10.3 Å². The quantitative estimate of drug-likeness (QED) is 0.155. The maximum absolute atomic E-state index is 11.0. The van der Waals surface area contributed by atoms with E-state index < -0.39 is 5.97 Å². The standard InChI is InChI=1S/C23H20I4N2O4.2ClH/c24-17-7-15(9-21(30)31)8-18(25)23(17)33-16-10-19(26)22(20(27)11-16)32-6-2-5-29-13-14-3-1-4-28-12-14;;/h1,3-4,7-8,10-12,29H,2,5-6,9,13H2,(H,30,31);2*1H. The van der Waals surface area contributed by atoms with Gasteiger partial charge in [0.2, 0.25) is 0 Å². The van der Waals surface area contributed by atoms with Crippen molar-refractivity contribution < 1.29 is 19.4 Å². The number of halogens is 6. The smallest absolute Gasteiger partial charge is 0.307 e. The summed E-state index contributed by atoms with van der Waals surface area (Å²) in [6, 6.07) is 11.6. The molecule has 0 aliphatic rings. The number of ether oxygens (including phenoxy) is 2. The van der Waals surface area contributed by atoms with Crippen molar-refractivity contribution in [3.8, 4) is 17.2 Å². The molecular formula is C23H22Cl2I4N2O4. The lowest BCUT2D eigenvalue weighted by atomic mass is 10.1. The zero-order valence-corrected chi connectivity index (χ0v) is 28.4. The summed E-state index contributed by atoms with van der Waals surface area (Å²) in [6.45, 7) is 2.27. The third-order valence-electron chi connectivity index (χ3n) is 4.40. The molecule has 0 fully saturated rings. The lowest BCUT2D eigenvalue weighted by Crippen LogP contribution is -2.17. The van der Waals surface area contributed by atoms with E-state index >= 15 is 0 Å². The molecular weight excluding hydrogens is 947 g/mol. The van der Waals surface area contributed by atoms with E-state index in [-0.39, 0.29) is 31.2 Å². The Kier molecular flexibility index (Phi) is 16.0. The zero-order valence-electron chi connectivity index (χ0n) is 18.1. The van der Waals surface area contributed by atoms with E-state index in [1.807, 2.05) is 36.5 Å². The van der Waals surface area contributed by atoms with Crippen LogP contribution < -0.4 is 14.8 Å². The normalized spacial score (nSPS) is 10.2. The van der Waals surface area contributed by atoms with E-state index in [9.17, 15) is 4.79 Å². The maximum atomic E-state index is 11.0. The molecule has 1 heterocycles. The number of rotatable bonds is 11. The van der Waals surface area contributed by atoms with E-state index in [4.69, 9.17) is 14.6 Å². The first kappa shape index (κ1) is 33.1. The van der Waals surface area contributed by atoms with Gasteiger partial charge in [0.1, 0.15) is 11.5 Å². The molecule has 2 aromatic carbocycles. The van der Waals surface area contributed by atoms with E-state index in [0.29, 0.717) is 6.61 Å². The fourth-order valence-corrected chi connectivity index (χ4v) is 7.08. The highest BCUT2D eigenvalue weighted by atomic mass is 127. The molecule has 190 valence electrons. The van der Waals surface area contributed by atoms with Gasteiger partial charge in [-0.3, -0.25) is 9.78 Å². The van der Waals surface area contributed by atoms with Crippen LogP contribution >= 0.6 is 115 Å². The Morgan fingerprint density at radius 2 is 1.57 bits per heavy atom. The molecule has 35 heavy (non-hydrogen) atoms. The number of hydrogen-bond donors (Lipinski definition) is 2. The summed E-state index contributed by atoms with van der Waals surface area (Å²) in [5.74, 6) is 1.46. The van der Waals surface area contributed by atoms with Crippen LogP contribution in [-0.4, -0.2) is 29.2 Å². The summed E-state index contributed by atoms with van der Waals surface area (Å²) in [4.78, 5) is 15.1. The second kappa shape index (κ2) is 16.9. The number of hydrogen-bond acceptors (Lipinski definition) is 5. The van der Waals surface area contributed by atoms with E-state index in [1.54, 1.807) is 6.20 Å². The van der Waals surface area contributed by atoms with Crippen LogP contribution in [0.5, 0.6) is 17.2 Å². The second-order valence-electron chi connectivity index (χ2n) is 7.02. The van der Waals surface area contributed by atoms with Crippen LogP contribution in [0.2, 0.25) is 0 Å². The lowest BCUT2D eigenvalue weighted by Gasteiger charge is -2.15. The first-order valence-electron chi connectivity index (χ1n) is 9.92. The molecule has 0 amide bonds. The monoisotopic (exact) mass is 968 g/mol. The molecule has 0 unspecified atom stereocenters. The minimum Gasteiger partial charge on any atom is -0.491 e. The summed E-state index contributed by atoms with van der Waals surface area (Å²) in [5, 5.41) is 12.4. The van der Waals surface area contributed by atoms with Crippen molar-refractivity contribution in [2.24, 2.45) is 0 Å². The Morgan fingerprint density at radius 1 is 0.943 bits per heavy atom. The van der Waals surface area contributed by atoms with Crippen LogP contribution in [0.15, 0.2) is 48.8 Å². The molecule has 0 radical (unpaired) electrons. The fourth-order valence-electron chi connectivity index (χ4n) is 2.94. The number of aliphatic carboxylic acids is 1. The van der Waals surface area contributed by atoms with Crippen molar-refractivity contribution in [1.29, 1.82) is 0 Å².